The van der Waals surface area contributed by atoms with Gasteiger partial charge in [0.25, 0.3) is 5.91 Å². The molecule has 0 unspecified atom stereocenters. The van der Waals surface area contributed by atoms with Crippen molar-refractivity contribution in [3.05, 3.63) is 34.3 Å². The fourth-order valence-corrected chi connectivity index (χ4v) is 2.88. The van der Waals surface area contributed by atoms with Crippen LogP contribution in [-0.2, 0) is 6.42 Å². The Balaban J connectivity index is 0.00000338. The fourth-order valence-electron chi connectivity index (χ4n) is 2.09. The van der Waals surface area contributed by atoms with Crippen molar-refractivity contribution in [2.24, 2.45) is 5.73 Å². The van der Waals surface area contributed by atoms with Crippen molar-refractivity contribution in [2.45, 2.75) is 33.1 Å². The van der Waals surface area contributed by atoms with Crippen molar-refractivity contribution in [1.29, 1.82) is 0 Å². The Bertz CT molecular complexity index is 694. The average Bonchev–Trinajstić information content (AvgIpc) is 3.08. The van der Waals surface area contributed by atoms with Crippen molar-refractivity contribution in [1.82, 2.24) is 4.98 Å². The number of carbonyl (C=O) groups excluding carboxylic acids is 1. The molecule has 0 bridgehead atoms. The number of nitrogens with zero attached hydrogens (tertiary/aromatic N) is 1. The van der Waals surface area contributed by atoms with Crippen LogP contribution in [0.1, 0.15) is 42.2 Å². The minimum atomic E-state index is -0.247. The lowest BCUT2D eigenvalue weighted by molar-refractivity contribution is 0.102. The smallest absolute Gasteiger partial charge is 0.275 e. The molecular formula is C18H26ClN3O3S. The Labute approximate surface area is 164 Å². The van der Waals surface area contributed by atoms with Crippen LogP contribution in [0.15, 0.2) is 23.6 Å². The zero-order valence-electron chi connectivity index (χ0n) is 15.1. The van der Waals surface area contributed by atoms with E-state index in [1.54, 1.807) is 17.5 Å². The topological polar surface area (TPSA) is 86.5 Å². The minimum absolute atomic E-state index is 0. The van der Waals surface area contributed by atoms with Gasteiger partial charge in [-0.15, -0.1) is 23.7 Å². The van der Waals surface area contributed by atoms with Gasteiger partial charge >= 0.3 is 0 Å². The summed E-state index contributed by atoms with van der Waals surface area (Å²) in [6.07, 6.45) is 2.49. The van der Waals surface area contributed by atoms with E-state index in [9.17, 15) is 4.79 Å². The van der Waals surface area contributed by atoms with Gasteiger partial charge in [0.05, 0.1) is 18.2 Å². The van der Waals surface area contributed by atoms with Crippen molar-refractivity contribution in [2.75, 3.05) is 25.1 Å². The van der Waals surface area contributed by atoms with Gasteiger partial charge in [0, 0.05) is 23.6 Å². The van der Waals surface area contributed by atoms with Crippen LogP contribution in [0.4, 0.5) is 5.69 Å². The Morgan fingerprint density at radius 1 is 1.19 bits per heavy atom. The van der Waals surface area contributed by atoms with E-state index in [0.29, 0.717) is 49.1 Å². The highest BCUT2D eigenvalue weighted by atomic mass is 35.5. The van der Waals surface area contributed by atoms with Crippen molar-refractivity contribution in [3.63, 3.8) is 0 Å². The molecule has 0 saturated heterocycles. The predicted octanol–water partition coefficient (Wildman–Crippen LogP) is 3.90. The number of halogens is 1. The first-order valence-electron chi connectivity index (χ1n) is 8.53. The largest absolute Gasteiger partial charge is 0.490 e. The van der Waals surface area contributed by atoms with E-state index in [0.717, 1.165) is 17.8 Å². The standard InChI is InChI=1S/C18H25N3O3S.ClH/c1-3-9-23-15-6-5-13(11-16(15)24-10-4-2)20-18(22)14-12-25-17(21-14)7-8-19;/h5-6,11-12H,3-4,7-10,19H2,1-2H3,(H,20,22);1H. The number of rotatable bonds is 10. The molecule has 1 amide bonds. The molecule has 1 aromatic heterocycles. The van der Waals surface area contributed by atoms with E-state index in [-0.39, 0.29) is 18.3 Å². The molecule has 2 aromatic rings. The van der Waals surface area contributed by atoms with E-state index >= 15 is 0 Å². The second-order valence-electron chi connectivity index (χ2n) is 5.48. The molecule has 6 nitrogen and oxygen atoms in total. The van der Waals surface area contributed by atoms with Gasteiger partial charge < -0.3 is 20.5 Å². The molecule has 1 aromatic carbocycles. The Hall–Kier alpha value is -1.83. The lowest BCUT2D eigenvalue weighted by atomic mass is 10.2. The Kier molecular flexibility index (Phi) is 10.0. The van der Waals surface area contributed by atoms with Crippen LogP contribution in [0.2, 0.25) is 0 Å². The van der Waals surface area contributed by atoms with Crippen LogP contribution in [0, 0.1) is 0 Å². The van der Waals surface area contributed by atoms with Gasteiger partial charge in [0.2, 0.25) is 0 Å². The number of ether oxygens (including phenoxy) is 2. The second kappa shape index (κ2) is 11.7. The first-order valence-corrected chi connectivity index (χ1v) is 9.41. The second-order valence-corrected chi connectivity index (χ2v) is 6.42. The van der Waals surface area contributed by atoms with Gasteiger partial charge in [-0.3, -0.25) is 4.79 Å². The Morgan fingerprint density at radius 2 is 1.88 bits per heavy atom. The van der Waals surface area contributed by atoms with Crippen LogP contribution in [-0.4, -0.2) is 30.6 Å². The SMILES string of the molecule is CCCOc1ccc(NC(=O)c2csc(CCN)n2)cc1OCCC.Cl. The molecule has 0 fully saturated rings. The number of thiazole rings is 1. The summed E-state index contributed by atoms with van der Waals surface area (Å²) in [5.74, 6) is 1.07. The van der Waals surface area contributed by atoms with Crippen LogP contribution < -0.4 is 20.5 Å². The molecule has 0 atom stereocenters. The number of nitrogens with one attached hydrogen (secondary N) is 1. The number of aromatic nitrogens is 1. The van der Waals surface area contributed by atoms with E-state index in [1.807, 2.05) is 19.9 Å². The monoisotopic (exact) mass is 399 g/mol. The highest BCUT2D eigenvalue weighted by Gasteiger charge is 2.13. The van der Waals surface area contributed by atoms with Gasteiger partial charge in [0.1, 0.15) is 5.69 Å². The van der Waals surface area contributed by atoms with Crippen LogP contribution in [0.3, 0.4) is 0 Å². The zero-order valence-corrected chi connectivity index (χ0v) is 16.8. The molecule has 0 saturated carbocycles. The summed E-state index contributed by atoms with van der Waals surface area (Å²) in [5.41, 5.74) is 6.56. The third-order valence-corrected chi connectivity index (χ3v) is 4.18. The lowest BCUT2D eigenvalue weighted by Crippen LogP contribution is -2.13. The van der Waals surface area contributed by atoms with Gasteiger partial charge in [-0.1, -0.05) is 13.8 Å². The van der Waals surface area contributed by atoms with E-state index in [4.69, 9.17) is 15.2 Å². The molecule has 2 rings (SSSR count). The average molecular weight is 400 g/mol. The molecule has 3 N–H and O–H groups in total. The molecule has 0 spiro atoms. The number of amides is 1. The summed E-state index contributed by atoms with van der Waals surface area (Å²) in [6, 6.07) is 5.40. The summed E-state index contributed by atoms with van der Waals surface area (Å²) in [4.78, 5) is 16.6. The molecule has 0 aliphatic rings. The third kappa shape index (κ3) is 6.48. The number of anilines is 1. The molecule has 0 aliphatic heterocycles. The van der Waals surface area contributed by atoms with Crippen molar-refractivity contribution in [3.8, 4) is 11.5 Å². The molecule has 1 heterocycles. The first kappa shape index (κ1) is 22.2. The summed E-state index contributed by atoms with van der Waals surface area (Å²) in [7, 11) is 0. The maximum atomic E-state index is 12.3. The summed E-state index contributed by atoms with van der Waals surface area (Å²) in [5, 5.41) is 5.46. The molecule has 26 heavy (non-hydrogen) atoms. The normalized spacial score (nSPS) is 10.1. The van der Waals surface area contributed by atoms with Gasteiger partial charge in [0.15, 0.2) is 11.5 Å². The molecule has 0 radical (unpaired) electrons. The first-order chi connectivity index (χ1) is 12.2. The van der Waals surface area contributed by atoms with Crippen molar-refractivity contribution >= 4 is 35.3 Å². The molecule has 0 aliphatic carbocycles. The molecule has 144 valence electrons. The highest BCUT2D eigenvalue weighted by Crippen LogP contribution is 2.31. The van der Waals surface area contributed by atoms with Gasteiger partial charge in [-0.05, 0) is 31.5 Å². The molecule has 8 heteroatoms. The maximum absolute atomic E-state index is 12.3. The number of nitrogens with two attached hydrogens (primary N) is 1. The Morgan fingerprint density at radius 3 is 2.54 bits per heavy atom. The lowest BCUT2D eigenvalue weighted by Gasteiger charge is -2.14. The zero-order chi connectivity index (χ0) is 18.1. The van der Waals surface area contributed by atoms with Crippen LogP contribution in [0.5, 0.6) is 11.5 Å². The van der Waals surface area contributed by atoms with Crippen molar-refractivity contribution < 1.29 is 14.3 Å². The van der Waals surface area contributed by atoms with E-state index < -0.39 is 0 Å². The summed E-state index contributed by atoms with van der Waals surface area (Å²) >= 11 is 1.44. The third-order valence-electron chi connectivity index (χ3n) is 3.27. The molecular weight excluding hydrogens is 374 g/mol. The van der Waals surface area contributed by atoms with E-state index in [2.05, 4.69) is 10.3 Å². The number of benzene rings is 1. The van der Waals surface area contributed by atoms with Gasteiger partial charge in [-0.25, -0.2) is 4.98 Å². The van der Waals surface area contributed by atoms with E-state index in [1.165, 1.54) is 11.3 Å². The minimum Gasteiger partial charge on any atom is -0.490 e. The predicted molar refractivity (Wildman–Crippen MR) is 108 cm³/mol. The number of carbonyl (C=O) groups is 1. The number of hydrogen-bond donors (Lipinski definition) is 2. The van der Waals surface area contributed by atoms with Crippen LogP contribution >= 0.6 is 23.7 Å². The quantitative estimate of drug-likeness (QED) is 0.632. The van der Waals surface area contributed by atoms with Gasteiger partial charge in [-0.2, -0.15) is 0 Å². The maximum Gasteiger partial charge on any atom is 0.275 e. The van der Waals surface area contributed by atoms with Crippen LogP contribution in [0.25, 0.3) is 0 Å². The summed E-state index contributed by atoms with van der Waals surface area (Å²) in [6.45, 7) is 5.82. The number of hydrogen-bond acceptors (Lipinski definition) is 6. The highest BCUT2D eigenvalue weighted by molar-refractivity contribution is 7.09. The summed E-state index contributed by atoms with van der Waals surface area (Å²) < 4.78 is 11.4. The fraction of sp³-hybridized carbons (Fsp3) is 0.444.